The van der Waals surface area contributed by atoms with Gasteiger partial charge in [0.15, 0.2) is 0 Å². The zero-order valence-corrected chi connectivity index (χ0v) is 19.7. The van der Waals surface area contributed by atoms with Crippen molar-refractivity contribution in [1.29, 1.82) is 5.41 Å². The third-order valence-electron chi connectivity index (χ3n) is 5.13. The van der Waals surface area contributed by atoms with Gasteiger partial charge in [-0.1, -0.05) is 95.9 Å². The van der Waals surface area contributed by atoms with E-state index in [2.05, 4.69) is 79.0 Å². The average molecular weight is 394 g/mol. The van der Waals surface area contributed by atoms with Crippen LogP contribution in [0.3, 0.4) is 0 Å². The fourth-order valence-electron chi connectivity index (χ4n) is 3.32. The minimum atomic E-state index is 0.216. The Labute approximate surface area is 180 Å². The van der Waals surface area contributed by atoms with Gasteiger partial charge in [0.25, 0.3) is 0 Å². The molecule has 0 aromatic heterocycles. The highest BCUT2D eigenvalue weighted by atomic mass is 14.3. The van der Waals surface area contributed by atoms with Gasteiger partial charge in [0.2, 0.25) is 0 Å². The lowest BCUT2D eigenvalue weighted by atomic mass is 9.80. The second-order valence-electron chi connectivity index (χ2n) is 8.58. The van der Waals surface area contributed by atoms with E-state index in [4.69, 9.17) is 5.41 Å². The monoisotopic (exact) mass is 393 g/mol. The lowest BCUT2D eigenvalue weighted by Gasteiger charge is -2.24. The molecular weight excluding hydrogens is 350 g/mol. The van der Waals surface area contributed by atoms with E-state index < -0.39 is 0 Å². The van der Waals surface area contributed by atoms with Crippen LogP contribution in [0.25, 0.3) is 0 Å². The van der Waals surface area contributed by atoms with Crippen LogP contribution in [0, 0.1) is 16.7 Å². The molecule has 0 saturated carbocycles. The van der Waals surface area contributed by atoms with E-state index in [1.54, 1.807) is 6.08 Å². The standard InChI is InChI=1S/C28H43N/c1-9-13-18-26(19-14-15-21-29)27(23(5)25(11-3)12-4)22-24(10-2)17-16-20-28(6,7)8/h9,11,13-15,17-19,21,27,29H,1,5,10,12,16,20,22H2,2-4,6-8H3/b15-14-,18-13-,24-17+,25-11+,26-19+,29-21?. The number of rotatable bonds is 13. The molecule has 0 radical (unpaired) electrons. The molecule has 0 rings (SSSR count). The van der Waals surface area contributed by atoms with Crippen molar-refractivity contribution >= 4 is 6.21 Å². The molecule has 0 fully saturated rings. The molecule has 0 aromatic rings. The zero-order chi connectivity index (χ0) is 22.3. The highest BCUT2D eigenvalue weighted by Crippen LogP contribution is 2.34. The van der Waals surface area contributed by atoms with Crippen LogP contribution in [0.4, 0.5) is 0 Å². The van der Waals surface area contributed by atoms with Crippen molar-refractivity contribution in [1.82, 2.24) is 0 Å². The largest absolute Gasteiger partial charge is 0.309 e. The summed E-state index contributed by atoms with van der Waals surface area (Å²) in [5.74, 6) is 0.216. The van der Waals surface area contributed by atoms with Gasteiger partial charge in [-0.15, -0.1) is 0 Å². The summed E-state index contributed by atoms with van der Waals surface area (Å²) in [7, 11) is 0. The van der Waals surface area contributed by atoms with Crippen LogP contribution in [-0.2, 0) is 0 Å². The minimum Gasteiger partial charge on any atom is -0.309 e. The third kappa shape index (κ3) is 11.4. The first kappa shape index (κ1) is 26.9. The van der Waals surface area contributed by atoms with E-state index in [0.29, 0.717) is 5.41 Å². The van der Waals surface area contributed by atoms with Crippen LogP contribution in [0.15, 0.2) is 84.1 Å². The first-order valence-electron chi connectivity index (χ1n) is 10.9. The highest BCUT2D eigenvalue weighted by molar-refractivity contribution is 5.68. The Hall–Kier alpha value is -2.15. The second kappa shape index (κ2) is 14.8. The van der Waals surface area contributed by atoms with E-state index in [1.165, 1.54) is 34.9 Å². The Balaban J connectivity index is 6.02. The second-order valence-corrected chi connectivity index (χ2v) is 8.58. The lowest BCUT2D eigenvalue weighted by molar-refractivity contribution is 0.381. The Morgan fingerprint density at radius 3 is 2.24 bits per heavy atom. The molecule has 0 spiro atoms. The smallest absolute Gasteiger partial charge is 0.0177 e. The molecule has 0 saturated heterocycles. The van der Waals surface area contributed by atoms with Crippen molar-refractivity contribution in [2.45, 2.75) is 73.6 Å². The fraction of sp³-hybridized carbons (Fsp3) is 0.464. The number of nitrogens with one attached hydrogen (secondary N) is 1. The summed E-state index contributed by atoms with van der Waals surface area (Å²) < 4.78 is 0. The maximum Gasteiger partial charge on any atom is 0.0177 e. The first-order chi connectivity index (χ1) is 13.7. The Morgan fingerprint density at radius 1 is 1.07 bits per heavy atom. The molecule has 0 aliphatic heterocycles. The van der Waals surface area contributed by atoms with Crippen LogP contribution in [0.5, 0.6) is 0 Å². The molecule has 0 aromatic carbocycles. The summed E-state index contributed by atoms with van der Waals surface area (Å²) in [5, 5.41) is 7.26. The van der Waals surface area contributed by atoms with Crippen LogP contribution in [0.1, 0.15) is 73.6 Å². The number of hydrogen-bond donors (Lipinski definition) is 1. The molecule has 1 heteroatoms. The van der Waals surface area contributed by atoms with Crippen molar-refractivity contribution in [2.24, 2.45) is 11.3 Å². The minimum absolute atomic E-state index is 0.216. The average Bonchev–Trinajstić information content (AvgIpc) is 2.67. The molecule has 0 aliphatic rings. The van der Waals surface area contributed by atoms with Gasteiger partial charge in [0, 0.05) is 12.1 Å². The number of hydrogen-bond acceptors (Lipinski definition) is 1. The van der Waals surface area contributed by atoms with Crippen LogP contribution < -0.4 is 0 Å². The van der Waals surface area contributed by atoms with Gasteiger partial charge in [0.1, 0.15) is 0 Å². The Kier molecular flexibility index (Phi) is 13.7. The molecule has 160 valence electrons. The van der Waals surface area contributed by atoms with E-state index in [9.17, 15) is 0 Å². The van der Waals surface area contributed by atoms with E-state index >= 15 is 0 Å². The summed E-state index contributed by atoms with van der Waals surface area (Å²) in [4.78, 5) is 0. The molecule has 1 atom stereocenters. The Bertz CT molecular complexity index is 672. The maximum absolute atomic E-state index is 7.26. The molecule has 0 aliphatic carbocycles. The number of allylic oxidation sites excluding steroid dienone is 12. The molecular formula is C28H43N. The topological polar surface area (TPSA) is 23.9 Å². The first-order valence-corrected chi connectivity index (χ1v) is 10.9. The van der Waals surface area contributed by atoms with Crippen LogP contribution in [-0.4, -0.2) is 6.21 Å². The summed E-state index contributed by atoms with van der Waals surface area (Å²) in [6, 6.07) is 0. The van der Waals surface area contributed by atoms with Gasteiger partial charge in [-0.2, -0.15) is 0 Å². The normalized spacial score (nSPS) is 15.2. The quantitative estimate of drug-likeness (QED) is 0.183. The lowest BCUT2D eigenvalue weighted by Crippen LogP contribution is -2.10. The molecule has 1 unspecified atom stereocenters. The maximum atomic E-state index is 7.26. The fourth-order valence-corrected chi connectivity index (χ4v) is 3.32. The van der Waals surface area contributed by atoms with Gasteiger partial charge >= 0.3 is 0 Å². The summed E-state index contributed by atoms with van der Waals surface area (Å²) in [6.07, 6.45) is 23.0. The van der Waals surface area contributed by atoms with Gasteiger partial charge in [-0.25, -0.2) is 0 Å². The molecule has 0 amide bonds. The SMILES string of the molecule is C=C\C=C/C(=C\C=C/C=N)C(C/C(=C/CCC(C)(C)C)CC)C(=C)/C(=C/C)CC. The van der Waals surface area contributed by atoms with E-state index in [1.807, 2.05) is 18.2 Å². The van der Waals surface area contributed by atoms with Crippen LogP contribution >= 0.6 is 0 Å². The van der Waals surface area contributed by atoms with Crippen LogP contribution in [0.2, 0.25) is 0 Å². The third-order valence-corrected chi connectivity index (χ3v) is 5.13. The van der Waals surface area contributed by atoms with Crippen molar-refractivity contribution < 1.29 is 0 Å². The molecule has 1 nitrogen and oxygen atoms in total. The van der Waals surface area contributed by atoms with Gasteiger partial charge in [-0.3, -0.25) is 0 Å². The van der Waals surface area contributed by atoms with Gasteiger partial charge in [-0.05, 0) is 67.2 Å². The zero-order valence-electron chi connectivity index (χ0n) is 19.7. The summed E-state index contributed by atoms with van der Waals surface area (Å²) in [5.41, 5.74) is 5.55. The van der Waals surface area contributed by atoms with Crippen molar-refractivity contribution in [3.8, 4) is 0 Å². The van der Waals surface area contributed by atoms with E-state index in [-0.39, 0.29) is 5.92 Å². The van der Waals surface area contributed by atoms with E-state index in [0.717, 1.165) is 25.7 Å². The van der Waals surface area contributed by atoms with Gasteiger partial charge in [0.05, 0.1) is 0 Å². The van der Waals surface area contributed by atoms with Crippen molar-refractivity contribution in [3.63, 3.8) is 0 Å². The summed E-state index contributed by atoms with van der Waals surface area (Å²) in [6.45, 7) is 21.8. The van der Waals surface area contributed by atoms with Crippen molar-refractivity contribution in [3.05, 3.63) is 84.1 Å². The summed E-state index contributed by atoms with van der Waals surface area (Å²) >= 11 is 0. The molecule has 0 bridgehead atoms. The Morgan fingerprint density at radius 2 is 1.76 bits per heavy atom. The molecule has 1 N–H and O–H groups in total. The van der Waals surface area contributed by atoms with Crippen molar-refractivity contribution in [2.75, 3.05) is 0 Å². The molecule has 0 heterocycles. The molecule has 29 heavy (non-hydrogen) atoms. The predicted octanol–water partition coefficient (Wildman–Crippen LogP) is 8.94. The van der Waals surface area contributed by atoms with Gasteiger partial charge < -0.3 is 5.41 Å². The highest BCUT2D eigenvalue weighted by Gasteiger charge is 2.19. The predicted molar refractivity (Wildman–Crippen MR) is 134 cm³/mol.